The zero-order valence-corrected chi connectivity index (χ0v) is 45.6. The maximum absolute atomic E-state index is 7.26. The maximum Gasteiger partial charge on any atom is 0.297 e. The summed E-state index contributed by atoms with van der Waals surface area (Å²) < 4.78 is 23.8. The van der Waals surface area contributed by atoms with E-state index < -0.39 is 0 Å². The Bertz CT molecular complexity index is 5520. The number of hydrogen-bond donors (Lipinski definition) is 0. The molecule has 84 heavy (non-hydrogen) atoms. The summed E-state index contributed by atoms with van der Waals surface area (Å²) in [6, 6.07) is 92.8. The van der Waals surface area contributed by atoms with E-state index in [1.807, 2.05) is 11.3 Å². The second-order valence-electron chi connectivity index (χ2n) is 22.6. The van der Waals surface area contributed by atoms with Gasteiger partial charge in [0.2, 0.25) is 0 Å². The van der Waals surface area contributed by atoms with Gasteiger partial charge in [0, 0.05) is 87.5 Å². The molecule has 10 heteroatoms. The number of furan rings is 3. The Balaban J connectivity index is 0.876. The Hall–Kier alpha value is -10.7. The lowest BCUT2D eigenvalue weighted by atomic mass is 9.33. The summed E-state index contributed by atoms with van der Waals surface area (Å²) in [5, 5.41) is 7.87. The van der Waals surface area contributed by atoms with Crippen LogP contribution in [0.3, 0.4) is 0 Å². The fourth-order valence-electron chi connectivity index (χ4n) is 15.0. The minimum Gasteiger partial charge on any atom is -0.468 e. The minimum atomic E-state index is -0.202. The fraction of sp³-hybridized carbons (Fsp3) is 0. The van der Waals surface area contributed by atoms with E-state index in [4.69, 9.17) is 13.3 Å². The van der Waals surface area contributed by atoms with Gasteiger partial charge in [0.15, 0.2) is 11.2 Å². The Kier molecular flexibility index (Phi) is 8.84. The number of anilines is 12. The first-order chi connectivity index (χ1) is 41.7. The molecule has 0 spiro atoms. The van der Waals surface area contributed by atoms with Gasteiger partial charge < -0.3 is 32.9 Å². The van der Waals surface area contributed by atoms with Crippen molar-refractivity contribution in [2.45, 2.75) is 0 Å². The molecule has 20 rings (SSSR count). The highest BCUT2D eigenvalue weighted by atomic mass is 32.1. The zero-order valence-electron chi connectivity index (χ0n) is 44.8. The van der Waals surface area contributed by atoms with Gasteiger partial charge >= 0.3 is 0 Å². The minimum absolute atomic E-state index is 0.176. The van der Waals surface area contributed by atoms with Crippen molar-refractivity contribution < 1.29 is 13.3 Å². The van der Waals surface area contributed by atoms with Crippen LogP contribution >= 0.6 is 11.3 Å². The van der Waals surface area contributed by atoms with E-state index in [1.54, 1.807) is 0 Å². The van der Waals surface area contributed by atoms with Crippen molar-refractivity contribution in [1.82, 2.24) is 0 Å². The normalized spacial score (nSPS) is 13.8. The van der Waals surface area contributed by atoms with Crippen molar-refractivity contribution >= 4 is 201 Å². The first-order valence-electron chi connectivity index (χ1n) is 28.7. The summed E-state index contributed by atoms with van der Waals surface area (Å²) in [6.45, 7) is -0.377. The highest BCUT2D eigenvalue weighted by Gasteiger charge is 2.48. The van der Waals surface area contributed by atoms with E-state index in [0.717, 1.165) is 129 Å². The van der Waals surface area contributed by atoms with Gasteiger partial charge in [-0.3, -0.25) is 0 Å². The number of thiophene rings is 1. The lowest BCUT2D eigenvalue weighted by molar-refractivity contribution is 0.651. The molecule has 388 valence electrons. The van der Waals surface area contributed by atoms with Crippen LogP contribution in [0.2, 0.25) is 0 Å². The molecular weight excluding hydrogens is 1050 g/mol. The second-order valence-corrected chi connectivity index (χ2v) is 23.7. The molecule has 0 N–H and O–H groups in total. The van der Waals surface area contributed by atoms with Crippen LogP contribution < -0.4 is 52.6 Å². The number of fused-ring (bicyclic) bond motifs is 20. The smallest absolute Gasteiger partial charge is 0.297 e. The van der Waals surface area contributed by atoms with Gasteiger partial charge in [-0.15, -0.1) is 11.3 Å². The van der Waals surface area contributed by atoms with Crippen molar-refractivity contribution in [2.75, 3.05) is 19.6 Å². The summed E-state index contributed by atoms with van der Waals surface area (Å²) in [4.78, 5) is 9.86. The molecule has 4 aromatic heterocycles. The second kappa shape index (κ2) is 16.5. The molecule has 4 aliphatic rings. The van der Waals surface area contributed by atoms with Crippen LogP contribution in [0.4, 0.5) is 68.2 Å². The van der Waals surface area contributed by atoms with Crippen LogP contribution in [0, 0.1) is 0 Å². The summed E-state index contributed by atoms with van der Waals surface area (Å²) in [5.74, 6) is 0. The molecule has 16 aromatic rings. The average Bonchev–Trinajstić information content (AvgIpc) is 1.94. The van der Waals surface area contributed by atoms with Gasteiger partial charge in [-0.1, -0.05) is 152 Å². The predicted octanol–water partition coefficient (Wildman–Crippen LogP) is 16.8. The molecule has 0 bridgehead atoms. The molecule has 4 aliphatic heterocycles. The molecule has 0 saturated carbocycles. The summed E-state index contributed by atoms with van der Waals surface area (Å²) in [6.07, 6.45) is 0. The summed E-state index contributed by atoms with van der Waals surface area (Å²) in [5.41, 5.74) is 24.5. The molecule has 0 radical (unpaired) electrons. The third-order valence-corrected chi connectivity index (χ3v) is 19.5. The summed E-state index contributed by atoms with van der Waals surface area (Å²) in [7, 11) is 0. The Morgan fingerprint density at radius 3 is 1.32 bits per heavy atom. The Morgan fingerprint density at radius 1 is 0.274 bits per heavy atom. The Morgan fingerprint density at radius 2 is 0.714 bits per heavy atom. The molecule has 0 fully saturated rings. The first kappa shape index (κ1) is 45.0. The van der Waals surface area contributed by atoms with E-state index in [9.17, 15) is 0 Å². The molecule has 8 heterocycles. The van der Waals surface area contributed by atoms with E-state index in [-0.39, 0.29) is 13.4 Å². The molecule has 0 saturated heterocycles. The number of rotatable bonds is 4. The maximum atomic E-state index is 7.26. The fourth-order valence-corrected chi connectivity index (χ4v) is 16.2. The van der Waals surface area contributed by atoms with Gasteiger partial charge in [0.1, 0.15) is 16.7 Å². The van der Waals surface area contributed by atoms with E-state index in [1.165, 1.54) is 47.5 Å². The zero-order chi connectivity index (χ0) is 54.5. The number of nitrogens with zero attached hydrogens (tertiary/aromatic N) is 4. The first-order valence-corrected chi connectivity index (χ1v) is 29.5. The predicted molar refractivity (Wildman–Crippen MR) is 352 cm³/mol. The number of hydrogen-bond acceptors (Lipinski definition) is 8. The highest BCUT2D eigenvalue weighted by Crippen LogP contribution is 2.52. The molecular formula is C74H42B2N4O3S. The molecule has 12 aromatic carbocycles. The molecule has 0 unspecified atom stereocenters. The van der Waals surface area contributed by atoms with Crippen LogP contribution in [-0.4, -0.2) is 13.4 Å². The average molecular weight is 1090 g/mol. The van der Waals surface area contributed by atoms with Gasteiger partial charge in [0.05, 0.1) is 22.7 Å². The Labute approximate surface area is 485 Å². The van der Waals surface area contributed by atoms with Gasteiger partial charge in [-0.2, -0.15) is 0 Å². The van der Waals surface area contributed by atoms with Crippen molar-refractivity contribution in [3.8, 4) is 0 Å². The molecule has 0 atom stereocenters. The third kappa shape index (κ3) is 5.86. The van der Waals surface area contributed by atoms with Crippen molar-refractivity contribution in [3.63, 3.8) is 0 Å². The lowest BCUT2D eigenvalue weighted by Gasteiger charge is -2.44. The largest absolute Gasteiger partial charge is 0.468 e. The summed E-state index contributed by atoms with van der Waals surface area (Å²) >= 11 is 1.87. The van der Waals surface area contributed by atoms with Crippen LogP contribution in [0.5, 0.6) is 0 Å². The van der Waals surface area contributed by atoms with Crippen LogP contribution in [-0.2, 0) is 0 Å². The van der Waals surface area contributed by atoms with Crippen molar-refractivity contribution in [1.29, 1.82) is 0 Å². The standard InChI is InChI=1S/C74H42B2N4O3S/c1-4-19-43(20-5-1)77-56-29-18-32-59-68(56)75(53-38-37-49-47-26-11-14-35-64(47)82-73(49)71(53)80(59)60-33-16-28-48-46-25-10-13-34-63(46)81-72(48)60)54-39-51-52-40-55-62(42-67(52)84-66(51)41-61(54)77)78(44-21-6-2-7-22-44)57-30-17-31-58-69(57)76(55)74-70(50-27-12-15-36-65(50)83-74)79(58)45-23-8-3-9-24-45/h1-42H. The van der Waals surface area contributed by atoms with Crippen molar-refractivity contribution in [3.05, 3.63) is 255 Å². The number of benzene rings is 12. The molecule has 0 amide bonds. The quantitative estimate of drug-likeness (QED) is 0.163. The van der Waals surface area contributed by atoms with Crippen LogP contribution in [0.25, 0.3) is 75.0 Å². The number of para-hydroxylation sites is 7. The van der Waals surface area contributed by atoms with Crippen molar-refractivity contribution in [2.24, 2.45) is 0 Å². The monoisotopic (exact) mass is 1090 g/mol. The third-order valence-electron chi connectivity index (χ3n) is 18.4. The van der Waals surface area contributed by atoms with Gasteiger partial charge in [0.25, 0.3) is 13.4 Å². The van der Waals surface area contributed by atoms with Gasteiger partial charge in [-0.25, -0.2) is 0 Å². The lowest BCUT2D eigenvalue weighted by Crippen LogP contribution is -2.61. The van der Waals surface area contributed by atoms with Crippen LogP contribution in [0.1, 0.15) is 0 Å². The van der Waals surface area contributed by atoms with E-state index in [2.05, 4.69) is 274 Å². The topological polar surface area (TPSA) is 52.4 Å². The molecule has 0 aliphatic carbocycles. The molecule has 7 nitrogen and oxygen atoms in total. The van der Waals surface area contributed by atoms with E-state index >= 15 is 0 Å². The highest BCUT2D eigenvalue weighted by molar-refractivity contribution is 7.26. The van der Waals surface area contributed by atoms with E-state index in [0.29, 0.717) is 0 Å². The van der Waals surface area contributed by atoms with Gasteiger partial charge in [-0.05, 0) is 141 Å². The van der Waals surface area contributed by atoms with Crippen LogP contribution in [0.15, 0.2) is 268 Å². The SMILES string of the molecule is c1ccc(N2c3cc4sc5cc6c(cc5c4cc3B3c4oc5ccccc5c4N(c4ccccc4)c4cccc2c43)B2c3ccc4c(oc5ccccc54)c3N(c3cccc4c3oc3ccccc34)c3cccc(c32)N6c2ccccc2)cc1.